The molecule has 0 bridgehead atoms. The minimum atomic E-state index is -1.07. The standard InChI is InChI=1S/C13H18F2N2OS/c1-8(4-5-19-3)17(2)13(18)9-6-10(14)11(15)7-12(9)16/h6-8H,4-5,16H2,1-3H3. The molecular weight excluding hydrogens is 270 g/mol. The molecule has 1 unspecified atom stereocenters. The number of benzene rings is 1. The molecule has 0 heterocycles. The van der Waals surface area contributed by atoms with E-state index < -0.39 is 17.5 Å². The van der Waals surface area contributed by atoms with E-state index in [1.54, 1.807) is 18.8 Å². The number of anilines is 1. The van der Waals surface area contributed by atoms with Crippen LogP contribution >= 0.6 is 11.8 Å². The van der Waals surface area contributed by atoms with Gasteiger partial charge in [-0.3, -0.25) is 4.79 Å². The van der Waals surface area contributed by atoms with Gasteiger partial charge in [-0.2, -0.15) is 11.8 Å². The minimum absolute atomic E-state index is 0.00241. The highest BCUT2D eigenvalue weighted by Crippen LogP contribution is 2.20. The first-order valence-corrected chi connectivity index (χ1v) is 7.28. The van der Waals surface area contributed by atoms with Crippen LogP contribution in [0.4, 0.5) is 14.5 Å². The van der Waals surface area contributed by atoms with Crippen molar-refractivity contribution in [3.8, 4) is 0 Å². The largest absolute Gasteiger partial charge is 0.398 e. The predicted molar refractivity (Wildman–Crippen MR) is 75.3 cm³/mol. The molecule has 1 atom stereocenters. The molecule has 2 N–H and O–H groups in total. The van der Waals surface area contributed by atoms with Crippen molar-refractivity contribution in [2.75, 3.05) is 24.8 Å². The van der Waals surface area contributed by atoms with Gasteiger partial charge in [-0.15, -0.1) is 0 Å². The number of thioether (sulfide) groups is 1. The van der Waals surface area contributed by atoms with Crippen LogP contribution in [0.25, 0.3) is 0 Å². The van der Waals surface area contributed by atoms with Crippen LogP contribution in [0, 0.1) is 11.6 Å². The van der Waals surface area contributed by atoms with Crippen molar-refractivity contribution in [1.29, 1.82) is 0 Å². The fraction of sp³-hybridized carbons (Fsp3) is 0.462. The molecule has 0 saturated heterocycles. The van der Waals surface area contributed by atoms with E-state index in [4.69, 9.17) is 5.73 Å². The van der Waals surface area contributed by atoms with E-state index in [1.807, 2.05) is 13.2 Å². The van der Waals surface area contributed by atoms with Crippen LogP contribution in [0.1, 0.15) is 23.7 Å². The van der Waals surface area contributed by atoms with Gasteiger partial charge in [0.1, 0.15) is 0 Å². The normalized spacial score (nSPS) is 12.3. The zero-order valence-electron chi connectivity index (χ0n) is 11.2. The molecule has 0 radical (unpaired) electrons. The second-order valence-corrected chi connectivity index (χ2v) is 5.39. The number of hydrogen-bond donors (Lipinski definition) is 1. The molecule has 0 aliphatic heterocycles. The molecule has 19 heavy (non-hydrogen) atoms. The van der Waals surface area contributed by atoms with E-state index in [0.29, 0.717) is 0 Å². The summed E-state index contributed by atoms with van der Waals surface area (Å²) in [5, 5.41) is 0. The predicted octanol–water partition coefficient (Wildman–Crippen LogP) is 2.76. The van der Waals surface area contributed by atoms with Gasteiger partial charge in [-0.1, -0.05) is 0 Å². The summed E-state index contributed by atoms with van der Waals surface area (Å²) in [7, 11) is 1.63. The SMILES string of the molecule is CSCCC(C)N(C)C(=O)c1cc(F)c(F)cc1N. The molecule has 0 spiro atoms. The summed E-state index contributed by atoms with van der Waals surface area (Å²) < 4.78 is 26.1. The Kier molecular flexibility index (Phi) is 5.60. The third-order valence-electron chi connectivity index (χ3n) is 3.04. The fourth-order valence-electron chi connectivity index (χ4n) is 1.62. The molecule has 106 valence electrons. The average molecular weight is 288 g/mol. The van der Waals surface area contributed by atoms with Gasteiger partial charge in [0, 0.05) is 24.8 Å². The monoisotopic (exact) mass is 288 g/mol. The number of nitrogens with zero attached hydrogens (tertiary/aromatic N) is 1. The van der Waals surface area contributed by atoms with E-state index >= 15 is 0 Å². The quantitative estimate of drug-likeness (QED) is 0.847. The third kappa shape index (κ3) is 3.83. The van der Waals surface area contributed by atoms with Crippen molar-refractivity contribution in [2.45, 2.75) is 19.4 Å². The number of nitrogens with two attached hydrogens (primary N) is 1. The smallest absolute Gasteiger partial charge is 0.256 e. The van der Waals surface area contributed by atoms with Gasteiger partial charge < -0.3 is 10.6 Å². The minimum Gasteiger partial charge on any atom is -0.398 e. The first-order chi connectivity index (χ1) is 8.88. The lowest BCUT2D eigenvalue weighted by Crippen LogP contribution is -2.36. The van der Waals surface area contributed by atoms with Crippen molar-refractivity contribution in [3.05, 3.63) is 29.3 Å². The molecular formula is C13H18F2N2OS. The summed E-state index contributed by atoms with van der Waals surface area (Å²) in [6, 6.07) is 1.70. The molecule has 0 fully saturated rings. The second kappa shape index (κ2) is 6.75. The van der Waals surface area contributed by atoms with Crippen molar-refractivity contribution in [3.63, 3.8) is 0 Å². The zero-order valence-corrected chi connectivity index (χ0v) is 12.1. The molecule has 0 saturated carbocycles. The topological polar surface area (TPSA) is 46.3 Å². The number of rotatable bonds is 5. The Hall–Kier alpha value is -1.30. The number of amides is 1. The van der Waals surface area contributed by atoms with Crippen LogP contribution in [0.15, 0.2) is 12.1 Å². The Labute approximate surface area is 116 Å². The Balaban J connectivity index is 2.91. The van der Waals surface area contributed by atoms with Gasteiger partial charge in [-0.05, 0) is 31.4 Å². The molecule has 1 amide bonds. The Morgan fingerprint density at radius 3 is 2.58 bits per heavy atom. The van der Waals surface area contributed by atoms with E-state index in [2.05, 4.69) is 0 Å². The lowest BCUT2D eigenvalue weighted by Gasteiger charge is -2.25. The summed E-state index contributed by atoms with van der Waals surface area (Å²) in [4.78, 5) is 13.7. The van der Waals surface area contributed by atoms with Crippen LogP contribution in [-0.4, -0.2) is 35.9 Å². The highest BCUT2D eigenvalue weighted by Gasteiger charge is 2.21. The molecule has 1 rings (SSSR count). The zero-order chi connectivity index (χ0) is 14.6. The van der Waals surface area contributed by atoms with Crippen LogP contribution < -0.4 is 5.73 Å². The Morgan fingerprint density at radius 2 is 2.00 bits per heavy atom. The average Bonchev–Trinajstić information content (AvgIpc) is 2.38. The van der Waals surface area contributed by atoms with E-state index in [-0.39, 0.29) is 17.3 Å². The molecule has 1 aromatic rings. The maximum atomic E-state index is 13.2. The van der Waals surface area contributed by atoms with Crippen LogP contribution in [0.5, 0.6) is 0 Å². The van der Waals surface area contributed by atoms with Crippen molar-refractivity contribution < 1.29 is 13.6 Å². The summed E-state index contributed by atoms with van der Waals surface area (Å²) in [5.74, 6) is -1.59. The van der Waals surface area contributed by atoms with E-state index in [0.717, 1.165) is 24.3 Å². The molecule has 0 aliphatic rings. The number of carbonyl (C=O) groups excluding carboxylic acids is 1. The molecule has 0 aliphatic carbocycles. The summed E-state index contributed by atoms with van der Waals surface area (Å²) >= 11 is 1.69. The number of halogens is 2. The van der Waals surface area contributed by atoms with Crippen molar-refractivity contribution in [2.24, 2.45) is 0 Å². The van der Waals surface area contributed by atoms with E-state index in [1.165, 1.54) is 4.90 Å². The van der Waals surface area contributed by atoms with Gasteiger partial charge >= 0.3 is 0 Å². The molecule has 6 heteroatoms. The second-order valence-electron chi connectivity index (χ2n) is 4.40. The first kappa shape index (κ1) is 15.8. The first-order valence-electron chi connectivity index (χ1n) is 5.89. The van der Waals surface area contributed by atoms with Gasteiger partial charge in [0.05, 0.1) is 5.56 Å². The number of nitrogen functional groups attached to an aromatic ring is 1. The third-order valence-corrected chi connectivity index (χ3v) is 3.69. The lowest BCUT2D eigenvalue weighted by molar-refractivity contribution is 0.0742. The van der Waals surface area contributed by atoms with Gasteiger partial charge in [0.15, 0.2) is 11.6 Å². The summed E-state index contributed by atoms with van der Waals surface area (Å²) in [6.07, 6.45) is 2.81. The molecule has 3 nitrogen and oxygen atoms in total. The van der Waals surface area contributed by atoms with Crippen LogP contribution in [-0.2, 0) is 0 Å². The van der Waals surface area contributed by atoms with Crippen molar-refractivity contribution >= 4 is 23.4 Å². The highest BCUT2D eigenvalue weighted by molar-refractivity contribution is 7.98. The van der Waals surface area contributed by atoms with Gasteiger partial charge in [-0.25, -0.2) is 8.78 Å². The van der Waals surface area contributed by atoms with Crippen LogP contribution in [0.2, 0.25) is 0 Å². The molecule has 1 aromatic carbocycles. The summed E-state index contributed by atoms with van der Waals surface area (Å²) in [6.45, 7) is 1.91. The number of hydrogen-bond acceptors (Lipinski definition) is 3. The van der Waals surface area contributed by atoms with Crippen molar-refractivity contribution in [1.82, 2.24) is 4.90 Å². The molecule has 0 aromatic heterocycles. The van der Waals surface area contributed by atoms with E-state index in [9.17, 15) is 13.6 Å². The highest BCUT2D eigenvalue weighted by atomic mass is 32.2. The Morgan fingerprint density at radius 1 is 1.42 bits per heavy atom. The number of carbonyl (C=O) groups is 1. The Bertz CT molecular complexity index is 468. The van der Waals surface area contributed by atoms with Gasteiger partial charge in [0.2, 0.25) is 0 Å². The summed E-state index contributed by atoms with van der Waals surface area (Å²) in [5.41, 5.74) is 5.52. The lowest BCUT2D eigenvalue weighted by atomic mass is 10.1. The van der Waals surface area contributed by atoms with Crippen LogP contribution in [0.3, 0.4) is 0 Å². The van der Waals surface area contributed by atoms with Gasteiger partial charge in [0.25, 0.3) is 5.91 Å². The maximum Gasteiger partial charge on any atom is 0.256 e. The fourth-order valence-corrected chi connectivity index (χ4v) is 2.20. The maximum absolute atomic E-state index is 13.2.